The minimum Gasteiger partial charge on any atom is -0.319 e. The Morgan fingerprint density at radius 3 is 3.00 bits per heavy atom. The van der Waals surface area contributed by atoms with Gasteiger partial charge in [-0.1, -0.05) is 0 Å². The van der Waals surface area contributed by atoms with Crippen molar-refractivity contribution in [2.75, 3.05) is 0 Å². The SMILES string of the molecule is O=c1ccn(Cc2cccnn2)c(=S)[nH]1. The molecule has 0 aliphatic rings. The summed E-state index contributed by atoms with van der Waals surface area (Å²) in [5, 5.41) is 7.69. The maximum absolute atomic E-state index is 10.9. The Hall–Kier alpha value is -1.82. The van der Waals surface area contributed by atoms with E-state index in [1.807, 2.05) is 6.07 Å². The molecule has 76 valence electrons. The maximum atomic E-state index is 10.9. The molecule has 0 unspecified atom stereocenters. The molecule has 0 bridgehead atoms. The molecule has 0 amide bonds. The van der Waals surface area contributed by atoms with Crippen molar-refractivity contribution < 1.29 is 0 Å². The quantitative estimate of drug-likeness (QED) is 0.758. The Morgan fingerprint density at radius 2 is 2.33 bits per heavy atom. The van der Waals surface area contributed by atoms with E-state index < -0.39 is 0 Å². The number of nitrogens with zero attached hydrogens (tertiary/aromatic N) is 3. The van der Waals surface area contributed by atoms with Crippen LogP contribution in [0.25, 0.3) is 0 Å². The molecule has 6 heteroatoms. The van der Waals surface area contributed by atoms with E-state index in [1.54, 1.807) is 23.0 Å². The van der Waals surface area contributed by atoms with Gasteiger partial charge in [0.05, 0.1) is 12.2 Å². The topological polar surface area (TPSA) is 63.6 Å². The van der Waals surface area contributed by atoms with Crippen LogP contribution in [0.4, 0.5) is 0 Å². The summed E-state index contributed by atoms with van der Waals surface area (Å²) >= 11 is 5.00. The molecule has 1 N–H and O–H groups in total. The molecular formula is C9H8N4OS. The third-order valence-corrected chi connectivity index (χ3v) is 2.19. The van der Waals surface area contributed by atoms with Crippen molar-refractivity contribution in [3.05, 3.63) is 51.4 Å². The fourth-order valence-electron chi connectivity index (χ4n) is 1.16. The van der Waals surface area contributed by atoms with Crippen LogP contribution in [0.1, 0.15) is 5.69 Å². The van der Waals surface area contributed by atoms with Crippen LogP contribution in [-0.2, 0) is 6.54 Å². The lowest BCUT2D eigenvalue weighted by molar-refractivity contribution is 0.713. The van der Waals surface area contributed by atoms with Gasteiger partial charge in [0.15, 0.2) is 4.77 Å². The van der Waals surface area contributed by atoms with Gasteiger partial charge in [0, 0.05) is 18.5 Å². The van der Waals surface area contributed by atoms with E-state index in [0.29, 0.717) is 11.3 Å². The number of hydrogen-bond donors (Lipinski definition) is 1. The molecule has 0 aliphatic heterocycles. The van der Waals surface area contributed by atoms with Crippen molar-refractivity contribution in [2.24, 2.45) is 0 Å². The molecule has 0 saturated carbocycles. The first kappa shape index (κ1) is 9.72. The molecule has 2 aromatic rings. The smallest absolute Gasteiger partial charge is 0.251 e. The second kappa shape index (κ2) is 4.14. The van der Waals surface area contributed by atoms with Gasteiger partial charge in [-0.2, -0.15) is 10.2 Å². The second-order valence-electron chi connectivity index (χ2n) is 2.95. The number of aromatic nitrogens is 4. The van der Waals surface area contributed by atoms with Gasteiger partial charge in [0.25, 0.3) is 5.56 Å². The predicted octanol–water partition coefficient (Wildman–Crippen LogP) is 0.744. The summed E-state index contributed by atoms with van der Waals surface area (Å²) in [6.45, 7) is 0.503. The van der Waals surface area contributed by atoms with E-state index in [0.717, 1.165) is 5.69 Å². The molecule has 0 spiro atoms. The molecule has 2 aromatic heterocycles. The zero-order valence-electron chi connectivity index (χ0n) is 7.75. The molecule has 0 fully saturated rings. The molecule has 0 saturated heterocycles. The highest BCUT2D eigenvalue weighted by Gasteiger charge is 1.96. The van der Waals surface area contributed by atoms with Crippen molar-refractivity contribution in [3.63, 3.8) is 0 Å². The molecule has 0 aromatic carbocycles. The second-order valence-corrected chi connectivity index (χ2v) is 3.34. The van der Waals surface area contributed by atoms with Crippen LogP contribution in [0.3, 0.4) is 0 Å². The summed E-state index contributed by atoms with van der Waals surface area (Å²) < 4.78 is 2.11. The van der Waals surface area contributed by atoms with Crippen LogP contribution in [0, 0.1) is 4.77 Å². The highest BCUT2D eigenvalue weighted by molar-refractivity contribution is 7.71. The molecular weight excluding hydrogens is 212 g/mol. The number of hydrogen-bond acceptors (Lipinski definition) is 4. The standard InChI is InChI=1S/C9H8N4OS/c14-8-3-5-13(9(15)11-8)6-7-2-1-4-10-12-7/h1-5H,6H2,(H,11,14,15). The fraction of sp³-hybridized carbons (Fsp3) is 0.111. The largest absolute Gasteiger partial charge is 0.319 e. The molecule has 0 atom stereocenters. The lowest BCUT2D eigenvalue weighted by Gasteiger charge is -2.03. The fourth-order valence-corrected chi connectivity index (χ4v) is 1.39. The normalized spacial score (nSPS) is 10.1. The van der Waals surface area contributed by atoms with Gasteiger partial charge in [-0.3, -0.25) is 9.78 Å². The van der Waals surface area contributed by atoms with Gasteiger partial charge < -0.3 is 4.57 Å². The molecule has 2 heterocycles. The Bertz CT molecular complexity index is 560. The van der Waals surface area contributed by atoms with Crippen LogP contribution in [0.15, 0.2) is 35.4 Å². The first-order valence-corrected chi connectivity index (χ1v) is 4.73. The highest BCUT2D eigenvalue weighted by Crippen LogP contribution is 1.96. The van der Waals surface area contributed by atoms with Crippen LogP contribution in [0.2, 0.25) is 0 Å². The third kappa shape index (κ3) is 2.35. The van der Waals surface area contributed by atoms with Crippen molar-refractivity contribution >= 4 is 12.2 Å². The summed E-state index contributed by atoms with van der Waals surface area (Å²) in [7, 11) is 0. The van der Waals surface area contributed by atoms with Gasteiger partial charge >= 0.3 is 0 Å². The first-order valence-electron chi connectivity index (χ1n) is 4.32. The number of rotatable bonds is 2. The predicted molar refractivity (Wildman–Crippen MR) is 57.0 cm³/mol. The van der Waals surface area contributed by atoms with E-state index >= 15 is 0 Å². The highest BCUT2D eigenvalue weighted by atomic mass is 32.1. The zero-order chi connectivity index (χ0) is 10.7. The van der Waals surface area contributed by atoms with Crippen molar-refractivity contribution in [1.82, 2.24) is 19.7 Å². The Morgan fingerprint density at radius 1 is 1.47 bits per heavy atom. The number of H-pyrrole nitrogens is 1. The van der Waals surface area contributed by atoms with Gasteiger partial charge in [-0.05, 0) is 24.4 Å². The molecule has 2 rings (SSSR count). The minimum atomic E-state index is -0.199. The van der Waals surface area contributed by atoms with Crippen LogP contribution in [-0.4, -0.2) is 19.7 Å². The summed E-state index contributed by atoms with van der Waals surface area (Å²) in [5.74, 6) is 0. The Labute approximate surface area is 90.4 Å². The van der Waals surface area contributed by atoms with Crippen molar-refractivity contribution in [3.8, 4) is 0 Å². The summed E-state index contributed by atoms with van der Waals surface area (Å²) in [6, 6.07) is 5.07. The lowest BCUT2D eigenvalue weighted by Crippen LogP contribution is -2.12. The Kier molecular flexibility index (Phi) is 2.68. The van der Waals surface area contributed by atoms with Crippen LogP contribution in [0.5, 0.6) is 0 Å². The summed E-state index contributed by atoms with van der Waals surface area (Å²) in [5.41, 5.74) is 0.594. The van der Waals surface area contributed by atoms with E-state index in [-0.39, 0.29) is 5.56 Å². The van der Waals surface area contributed by atoms with E-state index in [9.17, 15) is 4.79 Å². The first-order chi connectivity index (χ1) is 7.25. The Balaban J connectivity index is 2.33. The van der Waals surface area contributed by atoms with Gasteiger partial charge in [0.2, 0.25) is 0 Å². The van der Waals surface area contributed by atoms with E-state index in [4.69, 9.17) is 12.2 Å². The van der Waals surface area contributed by atoms with Crippen molar-refractivity contribution in [1.29, 1.82) is 0 Å². The van der Waals surface area contributed by atoms with Crippen molar-refractivity contribution in [2.45, 2.75) is 6.54 Å². The summed E-state index contributed by atoms with van der Waals surface area (Å²) in [4.78, 5) is 13.5. The molecule has 15 heavy (non-hydrogen) atoms. The van der Waals surface area contributed by atoms with Gasteiger partial charge in [-0.25, -0.2) is 0 Å². The van der Waals surface area contributed by atoms with Crippen LogP contribution < -0.4 is 5.56 Å². The van der Waals surface area contributed by atoms with E-state index in [2.05, 4.69) is 15.2 Å². The molecule has 5 nitrogen and oxygen atoms in total. The van der Waals surface area contributed by atoms with Crippen LogP contribution >= 0.6 is 12.2 Å². The summed E-state index contributed by atoms with van der Waals surface area (Å²) in [6.07, 6.45) is 3.24. The monoisotopic (exact) mass is 220 g/mol. The van der Waals surface area contributed by atoms with Gasteiger partial charge in [0.1, 0.15) is 0 Å². The van der Waals surface area contributed by atoms with Gasteiger partial charge in [-0.15, -0.1) is 0 Å². The minimum absolute atomic E-state index is 0.199. The molecule has 0 aliphatic carbocycles. The average Bonchev–Trinajstić information content (AvgIpc) is 2.24. The number of aromatic amines is 1. The zero-order valence-corrected chi connectivity index (χ0v) is 8.57. The molecule has 0 radical (unpaired) electrons. The average molecular weight is 220 g/mol. The lowest BCUT2D eigenvalue weighted by atomic mass is 10.4. The maximum Gasteiger partial charge on any atom is 0.251 e. The number of nitrogens with one attached hydrogen (secondary N) is 1. The third-order valence-electron chi connectivity index (χ3n) is 1.86. The van der Waals surface area contributed by atoms with E-state index in [1.165, 1.54) is 6.07 Å².